The van der Waals surface area contributed by atoms with Crippen LogP contribution in [0.4, 0.5) is 5.69 Å². The number of thiocarbonyl (C=S) groups is 1. The van der Waals surface area contributed by atoms with Crippen molar-refractivity contribution in [2.45, 2.75) is 107 Å². The number of hydrogen-bond donors (Lipinski definition) is 3. The molecule has 0 aliphatic rings. The number of anilines is 1. The third kappa shape index (κ3) is 15.7. The fourth-order valence-electron chi connectivity index (χ4n) is 3.77. The number of nitrogens with one attached hydrogen (secondary N) is 3. The van der Waals surface area contributed by atoms with E-state index in [2.05, 4.69) is 22.9 Å². The summed E-state index contributed by atoms with van der Waals surface area (Å²) in [6.45, 7) is 2.25. The van der Waals surface area contributed by atoms with Crippen LogP contribution in [0.2, 0.25) is 0 Å². The van der Waals surface area contributed by atoms with Gasteiger partial charge in [-0.2, -0.15) is 0 Å². The fraction of sp³-hybridized carbons (Fsp3) is 0.692. The van der Waals surface area contributed by atoms with Crippen LogP contribution < -0.4 is 20.7 Å². The molecule has 0 saturated heterocycles. The van der Waals surface area contributed by atoms with Gasteiger partial charge in [-0.1, -0.05) is 131 Å². The molecular weight excluding hydrogens is 525 g/mol. The molecule has 0 aromatic heterocycles. The summed E-state index contributed by atoms with van der Waals surface area (Å²) in [5.41, 5.74) is 0.661. The van der Waals surface area contributed by atoms with Crippen molar-refractivity contribution in [3.05, 3.63) is 24.3 Å². The summed E-state index contributed by atoms with van der Waals surface area (Å²) >= 11 is 23.6. The zero-order chi connectivity index (χ0) is 25.9. The molecule has 1 atom stereocenters. The van der Waals surface area contributed by atoms with Crippen molar-refractivity contribution in [2.24, 2.45) is 0 Å². The van der Waals surface area contributed by atoms with E-state index in [0.29, 0.717) is 17.9 Å². The number of rotatable bonds is 18. The van der Waals surface area contributed by atoms with E-state index in [1.54, 1.807) is 13.2 Å². The van der Waals surface area contributed by atoms with E-state index in [4.69, 9.17) is 51.8 Å². The molecule has 9 heteroatoms. The van der Waals surface area contributed by atoms with Crippen molar-refractivity contribution in [1.29, 1.82) is 0 Å². The lowest BCUT2D eigenvalue weighted by Crippen LogP contribution is -2.56. The van der Waals surface area contributed by atoms with E-state index in [0.717, 1.165) is 19.3 Å². The lowest BCUT2D eigenvalue weighted by atomic mass is 10.0. The molecule has 3 N–H and O–H groups in total. The van der Waals surface area contributed by atoms with Crippen LogP contribution >= 0.6 is 47.0 Å². The van der Waals surface area contributed by atoms with Crippen molar-refractivity contribution < 1.29 is 9.53 Å². The van der Waals surface area contributed by atoms with Crippen LogP contribution in [-0.2, 0) is 4.79 Å². The zero-order valence-corrected chi connectivity index (χ0v) is 24.2. The Balaban J connectivity index is 2.23. The highest BCUT2D eigenvalue weighted by Gasteiger charge is 2.34. The third-order valence-electron chi connectivity index (χ3n) is 5.77. The van der Waals surface area contributed by atoms with Crippen molar-refractivity contribution in [3.8, 4) is 5.75 Å². The minimum atomic E-state index is -1.78. The molecule has 5 nitrogen and oxygen atoms in total. The van der Waals surface area contributed by atoms with Gasteiger partial charge < -0.3 is 20.7 Å². The molecule has 200 valence electrons. The number of alkyl halides is 3. The average Bonchev–Trinajstić information content (AvgIpc) is 2.81. The van der Waals surface area contributed by atoms with Crippen LogP contribution in [0, 0.1) is 0 Å². The van der Waals surface area contributed by atoms with Gasteiger partial charge in [-0.05, 0) is 30.8 Å². The number of methoxy groups -OCH3 is 1. The maximum Gasteiger partial charge on any atom is 0.228 e. The number of unbranched alkanes of at least 4 members (excludes halogenated alkanes) is 12. The first kappa shape index (κ1) is 32.1. The van der Waals surface area contributed by atoms with Crippen LogP contribution in [0.1, 0.15) is 96.8 Å². The lowest BCUT2D eigenvalue weighted by molar-refractivity contribution is -0.122. The van der Waals surface area contributed by atoms with E-state index < -0.39 is 9.96 Å². The van der Waals surface area contributed by atoms with E-state index in [-0.39, 0.29) is 11.0 Å². The van der Waals surface area contributed by atoms with Crippen LogP contribution in [0.5, 0.6) is 5.75 Å². The summed E-state index contributed by atoms with van der Waals surface area (Å²) in [6.07, 6.45) is 15.7. The standard InChI is InChI=1S/C26H42Cl3N3O2S/c1-3-4-5-6-7-8-9-10-11-12-13-14-15-20-23(33)31-24(26(27,28)29)32-25(35)30-21-18-16-17-19-22(21)34-2/h16-19,24H,3-15,20H2,1-2H3,(H,31,33)(H2,30,32,35)/t24-/m0/s1. The van der Waals surface area contributed by atoms with Crippen molar-refractivity contribution >= 4 is 63.7 Å². The molecule has 0 heterocycles. The van der Waals surface area contributed by atoms with Crippen molar-refractivity contribution in [3.63, 3.8) is 0 Å². The summed E-state index contributed by atoms with van der Waals surface area (Å²) < 4.78 is 3.52. The summed E-state index contributed by atoms with van der Waals surface area (Å²) in [6, 6.07) is 7.30. The topological polar surface area (TPSA) is 62.4 Å². The molecule has 35 heavy (non-hydrogen) atoms. The Morgan fingerprint density at radius 2 is 1.40 bits per heavy atom. The van der Waals surface area contributed by atoms with Gasteiger partial charge in [-0.15, -0.1) is 0 Å². The maximum atomic E-state index is 12.4. The van der Waals surface area contributed by atoms with Gasteiger partial charge in [-0.3, -0.25) is 4.79 Å². The van der Waals surface area contributed by atoms with Crippen molar-refractivity contribution in [2.75, 3.05) is 12.4 Å². The predicted octanol–water partition coefficient (Wildman–Crippen LogP) is 8.28. The molecule has 0 fully saturated rings. The normalized spacial score (nSPS) is 12.1. The van der Waals surface area contributed by atoms with Crippen molar-refractivity contribution in [1.82, 2.24) is 10.6 Å². The van der Waals surface area contributed by atoms with E-state index in [9.17, 15) is 4.79 Å². The van der Waals surface area contributed by atoms with E-state index >= 15 is 0 Å². The molecule has 0 spiro atoms. The average molecular weight is 567 g/mol. The van der Waals surface area contributed by atoms with Crippen LogP contribution in [-0.4, -0.2) is 28.1 Å². The molecular formula is C26H42Cl3N3O2S. The molecule has 0 radical (unpaired) electrons. The number of ether oxygens (including phenoxy) is 1. The predicted molar refractivity (Wildman–Crippen MR) is 155 cm³/mol. The van der Waals surface area contributed by atoms with Gasteiger partial charge in [0.1, 0.15) is 11.9 Å². The third-order valence-corrected chi connectivity index (χ3v) is 6.65. The first-order valence-electron chi connectivity index (χ1n) is 12.8. The smallest absolute Gasteiger partial charge is 0.228 e. The quantitative estimate of drug-likeness (QED) is 0.0722. The summed E-state index contributed by atoms with van der Waals surface area (Å²) in [4.78, 5) is 12.4. The molecule has 1 aromatic rings. The number of para-hydroxylation sites is 2. The molecule has 1 amide bonds. The summed E-state index contributed by atoms with van der Waals surface area (Å²) in [5, 5.41) is 8.82. The molecule has 1 aromatic carbocycles. The Kier molecular flexibility index (Phi) is 17.6. The van der Waals surface area contributed by atoms with Gasteiger partial charge >= 0.3 is 0 Å². The monoisotopic (exact) mass is 565 g/mol. The Labute approximate surface area is 232 Å². The van der Waals surface area contributed by atoms with Gasteiger partial charge in [0.25, 0.3) is 0 Å². The second kappa shape index (κ2) is 19.2. The molecule has 0 saturated carbocycles. The Hall–Kier alpha value is -0.950. The minimum absolute atomic E-state index is 0.183. The SMILES string of the molecule is CCCCCCCCCCCCCCCC(=O)N[C@@H](NC(=S)Nc1ccccc1OC)C(Cl)(Cl)Cl. The second-order valence-electron chi connectivity index (χ2n) is 8.83. The Morgan fingerprint density at radius 1 is 0.886 bits per heavy atom. The van der Waals surface area contributed by atoms with Crippen LogP contribution in [0.3, 0.4) is 0 Å². The molecule has 0 aliphatic carbocycles. The van der Waals surface area contributed by atoms with Crippen LogP contribution in [0.15, 0.2) is 24.3 Å². The number of benzene rings is 1. The van der Waals surface area contributed by atoms with E-state index in [1.165, 1.54) is 64.2 Å². The number of amides is 1. The fourth-order valence-corrected chi connectivity index (χ4v) is 4.33. The highest BCUT2D eigenvalue weighted by molar-refractivity contribution is 7.80. The molecule has 0 unspecified atom stereocenters. The number of carbonyl (C=O) groups is 1. The minimum Gasteiger partial charge on any atom is -0.495 e. The Bertz CT molecular complexity index is 732. The first-order valence-corrected chi connectivity index (χ1v) is 14.4. The molecule has 1 rings (SSSR count). The molecule has 0 aliphatic heterocycles. The number of carbonyl (C=O) groups excluding carboxylic acids is 1. The largest absolute Gasteiger partial charge is 0.495 e. The number of halogens is 3. The highest BCUT2D eigenvalue weighted by Crippen LogP contribution is 2.29. The van der Waals surface area contributed by atoms with Crippen LogP contribution in [0.25, 0.3) is 0 Å². The first-order chi connectivity index (χ1) is 16.8. The number of hydrogen-bond acceptors (Lipinski definition) is 3. The second-order valence-corrected chi connectivity index (χ2v) is 11.6. The van der Waals surface area contributed by atoms with E-state index in [1.807, 2.05) is 18.2 Å². The van der Waals surface area contributed by atoms with Gasteiger partial charge in [0.05, 0.1) is 12.8 Å². The van der Waals surface area contributed by atoms with Gasteiger partial charge in [0.15, 0.2) is 5.11 Å². The maximum absolute atomic E-state index is 12.4. The summed E-state index contributed by atoms with van der Waals surface area (Å²) in [5.74, 6) is 0.436. The highest BCUT2D eigenvalue weighted by atomic mass is 35.6. The van der Waals surface area contributed by atoms with Gasteiger partial charge in [0.2, 0.25) is 9.70 Å². The summed E-state index contributed by atoms with van der Waals surface area (Å²) in [7, 11) is 1.57. The van der Waals surface area contributed by atoms with Gasteiger partial charge in [-0.25, -0.2) is 0 Å². The zero-order valence-electron chi connectivity index (χ0n) is 21.1. The Morgan fingerprint density at radius 3 is 1.91 bits per heavy atom. The lowest BCUT2D eigenvalue weighted by Gasteiger charge is -2.28. The van der Waals surface area contributed by atoms with Gasteiger partial charge in [0, 0.05) is 6.42 Å². The molecule has 0 bridgehead atoms.